The van der Waals surface area contributed by atoms with E-state index in [9.17, 15) is 4.79 Å². The molecule has 1 amide bonds. The van der Waals surface area contributed by atoms with Crippen LogP contribution >= 0.6 is 0 Å². The van der Waals surface area contributed by atoms with E-state index in [4.69, 9.17) is 9.26 Å². The van der Waals surface area contributed by atoms with E-state index >= 15 is 0 Å². The van der Waals surface area contributed by atoms with Gasteiger partial charge in [0.15, 0.2) is 5.82 Å². The second-order valence-corrected chi connectivity index (χ2v) is 6.94. The van der Waals surface area contributed by atoms with Crippen molar-refractivity contribution in [3.63, 3.8) is 0 Å². The first kappa shape index (κ1) is 16.7. The summed E-state index contributed by atoms with van der Waals surface area (Å²) in [4.78, 5) is 20.3. The van der Waals surface area contributed by atoms with Crippen LogP contribution in [0.4, 0.5) is 4.79 Å². The number of aromatic nitrogens is 2. The molecule has 1 saturated heterocycles. The van der Waals surface area contributed by atoms with E-state index in [2.05, 4.69) is 15.0 Å². The summed E-state index contributed by atoms with van der Waals surface area (Å²) in [7, 11) is 0. The molecule has 1 aliphatic rings. The summed E-state index contributed by atoms with van der Waals surface area (Å²) >= 11 is 0. The Morgan fingerprint density at radius 2 is 1.91 bits per heavy atom. The predicted molar refractivity (Wildman–Crippen MR) is 81.5 cm³/mol. The van der Waals surface area contributed by atoms with Gasteiger partial charge >= 0.3 is 6.09 Å². The van der Waals surface area contributed by atoms with Gasteiger partial charge in [0.05, 0.1) is 6.54 Å². The highest BCUT2D eigenvalue weighted by atomic mass is 16.6. The molecule has 0 spiro atoms. The van der Waals surface area contributed by atoms with Crippen molar-refractivity contribution in [2.75, 3.05) is 26.2 Å². The third kappa shape index (κ3) is 4.69. The average molecular weight is 310 g/mol. The van der Waals surface area contributed by atoms with Gasteiger partial charge in [-0.15, -0.1) is 0 Å². The zero-order chi connectivity index (χ0) is 16.3. The van der Waals surface area contributed by atoms with Gasteiger partial charge in [-0.1, -0.05) is 19.0 Å². The Labute approximate surface area is 131 Å². The molecule has 7 heteroatoms. The number of rotatable bonds is 3. The summed E-state index contributed by atoms with van der Waals surface area (Å²) in [5.41, 5.74) is -0.453. The zero-order valence-electron chi connectivity index (χ0n) is 14.1. The maximum atomic E-state index is 12.0. The molecular formula is C15H26N4O3. The monoisotopic (exact) mass is 310 g/mol. The zero-order valence-corrected chi connectivity index (χ0v) is 14.1. The highest BCUT2D eigenvalue weighted by Crippen LogP contribution is 2.14. The van der Waals surface area contributed by atoms with E-state index in [0.29, 0.717) is 25.5 Å². The fourth-order valence-electron chi connectivity index (χ4n) is 2.17. The minimum Gasteiger partial charge on any atom is -0.444 e. The quantitative estimate of drug-likeness (QED) is 0.852. The molecule has 1 aromatic rings. The van der Waals surface area contributed by atoms with E-state index in [-0.39, 0.29) is 12.0 Å². The smallest absolute Gasteiger partial charge is 0.410 e. The maximum Gasteiger partial charge on any atom is 0.410 e. The minimum absolute atomic E-state index is 0.243. The average Bonchev–Trinajstić information content (AvgIpc) is 2.86. The van der Waals surface area contributed by atoms with Crippen molar-refractivity contribution in [3.8, 4) is 0 Å². The summed E-state index contributed by atoms with van der Waals surface area (Å²) in [6, 6.07) is 0. The van der Waals surface area contributed by atoms with Gasteiger partial charge in [-0.2, -0.15) is 4.98 Å². The fourth-order valence-corrected chi connectivity index (χ4v) is 2.17. The number of amides is 1. The number of hydrogen-bond acceptors (Lipinski definition) is 6. The number of hydrogen-bond donors (Lipinski definition) is 0. The van der Waals surface area contributed by atoms with Crippen LogP contribution in [0, 0.1) is 0 Å². The van der Waals surface area contributed by atoms with Crippen LogP contribution in [-0.4, -0.2) is 57.8 Å². The normalized spacial score (nSPS) is 17.1. The Bertz CT molecular complexity index is 499. The van der Waals surface area contributed by atoms with E-state index in [1.54, 1.807) is 4.90 Å². The second-order valence-electron chi connectivity index (χ2n) is 6.94. The van der Waals surface area contributed by atoms with Crippen molar-refractivity contribution in [1.82, 2.24) is 19.9 Å². The van der Waals surface area contributed by atoms with Crippen LogP contribution in [0.2, 0.25) is 0 Å². The Hall–Kier alpha value is -1.63. The molecule has 0 saturated carbocycles. The van der Waals surface area contributed by atoms with Gasteiger partial charge in [-0.05, 0) is 20.8 Å². The Kier molecular flexibility index (Phi) is 5.05. The van der Waals surface area contributed by atoms with Crippen molar-refractivity contribution in [3.05, 3.63) is 11.7 Å². The Morgan fingerprint density at radius 3 is 2.41 bits per heavy atom. The first-order valence-corrected chi connectivity index (χ1v) is 7.77. The number of ether oxygens (including phenoxy) is 1. The predicted octanol–water partition coefficient (Wildman–Crippen LogP) is 2.25. The standard InChI is InChI=1S/C15H26N4O3/c1-11(2)13-16-12(22-17-13)10-18-6-8-19(9-7-18)14(20)21-15(3,4)5/h11H,6-10H2,1-5H3. The largest absolute Gasteiger partial charge is 0.444 e. The highest BCUT2D eigenvalue weighted by molar-refractivity contribution is 5.68. The van der Waals surface area contributed by atoms with Gasteiger partial charge in [-0.25, -0.2) is 4.79 Å². The molecule has 1 fully saturated rings. The van der Waals surface area contributed by atoms with Crippen molar-refractivity contribution >= 4 is 6.09 Å². The van der Waals surface area contributed by atoms with Crippen LogP contribution < -0.4 is 0 Å². The molecule has 0 unspecified atom stereocenters. The van der Waals surface area contributed by atoms with Crippen molar-refractivity contribution in [2.24, 2.45) is 0 Å². The first-order chi connectivity index (χ1) is 10.2. The number of carbonyl (C=O) groups is 1. The highest BCUT2D eigenvalue weighted by Gasteiger charge is 2.26. The van der Waals surface area contributed by atoms with Crippen LogP contribution in [-0.2, 0) is 11.3 Å². The Morgan fingerprint density at radius 1 is 1.27 bits per heavy atom. The minimum atomic E-state index is -0.453. The molecule has 0 aliphatic carbocycles. The van der Waals surface area contributed by atoms with Crippen LogP contribution in [0.25, 0.3) is 0 Å². The van der Waals surface area contributed by atoms with Crippen molar-refractivity contribution < 1.29 is 14.1 Å². The molecule has 1 aliphatic heterocycles. The van der Waals surface area contributed by atoms with Crippen LogP contribution in [0.15, 0.2) is 4.52 Å². The second kappa shape index (κ2) is 6.64. The lowest BCUT2D eigenvalue weighted by Gasteiger charge is -2.34. The molecule has 2 heterocycles. The molecule has 22 heavy (non-hydrogen) atoms. The first-order valence-electron chi connectivity index (χ1n) is 7.77. The number of nitrogens with zero attached hydrogens (tertiary/aromatic N) is 4. The van der Waals surface area contributed by atoms with E-state index in [1.807, 2.05) is 34.6 Å². The molecular weight excluding hydrogens is 284 g/mol. The van der Waals surface area contributed by atoms with Gasteiger partial charge in [0.25, 0.3) is 0 Å². The molecule has 7 nitrogen and oxygen atoms in total. The maximum absolute atomic E-state index is 12.0. The summed E-state index contributed by atoms with van der Waals surface area (Å²) in [6.07, 6.45) is -0.243. The third-order valence-corrected chi connectivity index (χ3v) is 3.38. The molecule has 2 rings (SSSR count). The lowest BCUT2D eigenvalue weighted by atomic mass is 10.2. The van der Waals surface area contributed by atoms with Gasteiger partial charge in [0.2, 0.25) is 5.89 Å². The van der Waals surface area contributed by atoms with Gasteiger partial charge < -0.3 is 14.2 Å². The van der Waals surface area contributed by atoms with E-state index in [1.165, 1.54) is 0 Å². The summed E-state index contributed by atoms with van der Waals surface area (Å²) in [5, 5.41) is 3.97. The molecule has 0 atom stereocenters. The van der Waals surface area contributed by atoms with E-state index in [0.717, 1.165) is 18.9 Å². The van der Waals surface area contributed by atoms with Crippen molar-refractivity contribution in [2.45, 2.75) is 52.7 Å². The third-order valence-electron chi connectivity index (χ3n) is 3.38. The molecule has 124 valence electrons. The lowest BCUT2D eigenvalue weighted by molar-refractivity contribution is 0.0132. The number of piperazine rings is 1. The van der Waals surface area contributed by atoms with Crippen LogP contribution in [0.3, 0.4) is 0 Å². The van der Waals surface area contributed by atoms with Crippen LogP contribution in [0.5, 0.6) is 0 Å². The summed E-state index contributed by atoms with van der Waals surface area (Å²) in [6.45, 7) is 13.2. The summed E-state index contributed by atoms with van der Waals surface area (Å²) < 4.78 is 10.6. The van der Waals surface area contributed by atoms with Crippen molar-refractivity contribution in [1.29, 1.82) is 0 Å². The fraction of sp³-hybridized carbons (Fsp3) is 0.800. The van der Waals surface area contributed by atoms with Gasteiger partial charge in [0, 0.05) is 32.1 Å². The molecule has 1 aromatic heterocycles. The molecule has 0 bridgehead atoms. The molecule has 0 aromatic carbocycles. The van der Waals surface area contributed by atoms with Crippen LogP contribution in [0.1, 0.15) is 52.3 Å². The molecule has 0 N–H and O–H groups in total. The van der Waals surface area contributed by atoms with E-state index < -0.39 is 5.60 Å². The Balaban J connectivity index is 1.80. The summed E-state index contributed by atoms with van der Waals surface area (Å²) in [5.74, 6) is 1.64. The molecule has 0 radical (unpaired) electrons. The van der Waals surface area contributed by atoms with Gasteiger partial charge in [0.1, 0.15) is 5.60 Å². The SMILES string of the molecule is CC(C)c1noc(CN2CCN(C(=O)OC(C)(C)C)CC2)n1. The topological polar surface area (TPSA) is 71.7 Å². The number of carbonyl (C=O) groups excluding carboxylic acids is 1. The van der Waals surface area contributed by atoms with Gasteiger partial charge in [-0.3, -0.25) is 4.90 Å². The lowest BCUT2D eigenvalue weighted by Crippen LogP contribution is -2.49.